The second-order valence-corrected chi connectivity index (χ2v) is 12.9. The molecule has 4 N–H and O–H groups in total. The maximum absolute atomic E-state index is 4.10. The van der Waals surface area contributed by atoms with Crippen molar-refractivity contribution < 1.29 is 0 Å². The molecule has 5 heteroatoms. The highest BCUT2D eigenvalue weighted by Gasteiger charge is 2.30. The Morgan fingerprint density at radius 3 is 1.95 bits per heavy atom. The van der Waals surface area contributed by atoms with Crippen molar-refractivity contribution in [3.05, 3.63) is 91.0 Å². The maximum atomic E-state index is 4.10. The number of anilines is 3. The van der Waals surface area contributed by atoms with E-state index in [1.807, 2.05) is 18.2 Å². The van der Waals surface area contributed by atoms with Gasteiger partial charge >= 0.3 is 0 Å². The average molecular weight is 544 g/mol. The Balaban J connectivity index is 0.000000166. The minimum atomic E-state index is 0.266. The van der Waals surface area contributed by atoms with Gasteiger partial charge in [-0.05, 0) is 76.1 Å². The van der Waals surface area contributed by atoms with E-state index in [1.54, 1.807) is 0 Å². The molecule has 2 aromatic rings. The van der Waals surface area contributed by atoms with Crippen LogP contribution < -0.4 is 21.3 Å². The van der Waals surface area contributed by atoms with E-state index in [0.717, 1.165) is 29.7 Å². The molecule has 0 radical (unpaired) electrons. The smallest absolute Gasteiger partial charge is 0.0988 e. The van der Waals surface area contributed by atoms with E-state index in [9.17, 15) is 0 Å². The molecule has 40 heavy (non-hydrogen) atoms. The highest BCUT2D eigenvalue weighted by atomic mass is 15.3. The predicted octanol–water partition coefficient (Wildman–Crippen LogP) is 8.79. The quantitative estimate of drug-likeness (QED) is 0.312. The van der Waals surface area contributed by atoms with E-state index in [2.05, 4.69) is 132 Å². The van der Waals surface area contributed by atoms with Crippen LogP contribution in [0.1, 0.15) is 73.8 Å². The second-order valence-electron chi connectivity index (χ2n) is 12.9. The minimum Gasteiger partial charge on any atom is -0.384 e. The van der Waals surface area contributed by atoms with Crippen LogP contribution in [-0.4, -0.2) is 22.5 Å². The van der Waals surface area contributed by atoms with Gasteiger partial charge < -0.3 is 26.2 Å². The zero-order valence-corrected chi connectivity index (χ0v) is 26.2. The largest absolute Gasteiger partial charge is 0.384 e. The summed E-state index contributed by atoms with van der Waals surface area (Å²) in [5, 5.41) is 13.6. The van der Waals surface area contributed by atoms with Crippen molar-refractivity contribution in [1.82, 2.24) is 10.2 Å². The molecule has 0 spiro atoms. The number of nitrogens with zero attached hydrogens (tertiary/aromatic N) is 1. The summed E-state index contributed by atoms with van der Waals surface area (Å²) >= 11 is 0. The lowest BCUT2D eigenvalue weighted by Gasteiger charge is -2.40. The van der Waals surface area contributed by atoms with Gasteiger partial charge in [-0.15, -0.1) is 0 Å². The van der Waals surface area contributed by atoms with Gasteiger partial charge in [-0.25, -0.2) is 0 Å². The Hall–Kier alpha value is -3.34. The van der Waals surface area contributed by atoms with Crippen molar-refractivity contribution in [2.24, 2.45) is 17.8 Å². The van der Waals surface area contributed by atoms with Gasteiger partial charge in [0.25, 0.3) is 0 Å². The molecule has 0 aliphatic carbocycles. The normalized spacial score (nSPS) is 21.0. The van der Waals surface area contributed by atoms with Crippen molar-refractivity contribution in [1.29, 1.82) is 0 Å². The van der Waals surface area contributed by atoms with Crippen LogP contribution in [0, 0.1) is 17.8 Å². The molecular weight excluding hydrogens is 490 g/mol. The van der Waals surface area contributed by atoms with Crippen molar-refractivity contribution in [3.63, 3.8) is 0 Å². The molecule has 5 rings (SSSR count). The van der Waals surface area contributed by atoms with Crippen LogP contribution in [-0.2, 0) is 6.54 Å². The summed E-state index contributed by atoms with van der Waals surface area (Å²) in [6, 6.07) is 17.4. The Bertz CT molecular complexity index is 1100. The zero-order chi connectivity index (χ0) is 29.6. The number of hydrogen-bond donors (Lipinski definition) is 4. The van der Waals surface area contributed by atoms with Gasteiger partial charge in [-0.2, -0.15) is 0 Å². The Labute approximate surface area is 244 Å². The van der Waals surface area contributed by atoms with Gasteiger partial charge in [0.05, 0.1) is 23.2 Å². The molecule has 0 amide bonds. The van der Waals surface area contributed by atoms with E-state index >= 15 is 0 Å². The van der Waals surface area contributed by atoms with Crippen molar-refractivity contribution >= 4 is 17.1 Å². The first-order valence-electron chi connectivity index (χ1n) is 14.9. The van der Waals surface area contributed by atoms with Gasteiger partial charge in [0, 0.05) is 41.1 Å². The van der Waals surface area contributed by atoms with E-state index in [0.29, 0.717) is 23.9 Å². The molecule has 2 atom stereocenters. The molecule has 3 aliphatic heterocycles. The highest BCUT2D eigenvalue weighted by Crippen LogP contribution is 2.33. The van der Waals surface area contributed by atoms with Gasteiger partial charge in [0.15, 0.2) is 0 Å². The van der Waals surface area contributed by atoms with Gasteiger partial charge in [-0.3, -0.25) is 0 Å². The molecular formula is C35H53N5. The number of piperidine rings is 1. The number of rotatable bonds is 3. The third-order valence-corrected chi connectivity index (χ3v) is 8.01. The second kappa shape index (κ2) is 13.3. The topological polar surface area (TPSA) is 51.4 Å². The Morgan fingerprint density at radius 2 is 1.38 bits per heavy atom. The molecule has 3 aliphatic rings. The number of para-hydroxylation sites is 3. The van der Waals surface area contributed by atoms with Crippen LogP contribution in [0.3, 0.4) is 0 Å². The van der Waals surface area contributed by atoms with Crippen molar-refractivity contribution in [2.75, 3.05) is 16.0 Å². The van der Waals surface area contributed by atoms with Gasteiger partial charge in [-0.1, -0.05) is 77.8 Å². The van der Waals surface area contributed by atoms with Gasteiger partial charge in [0.1, 0.15) is 0 Å². The minimum absolute atomic E-state index is 0.266. The fourth-order valence-electron chi connectivity index (χ4n) is 5.59. The SMILES string of the molecule is C=C1NC(C)(C)CCC1C(C)C.C=C1Nc2ccccc2CN1C(C)C.C=C1Nc2ccccc2NC1C(C)C. The summed E-state index contributed by atoms with van der Waals surface area (Å²) in [7, 11) is 0. The predicted molar refractivity (Wildman–Crippen MR) is 175 cm³/mol. The summed E-state index contributed by atoms with van der Waals surface area (Å²) in [4.78, 5) is 2.27. The molecule has 2 unspecified atom stereocenters. The summed E-state index contributed by atoms with van der Waals surface area (Å²) in [5.41, 5.74) is 7.37. The van der Waals surface area contributed by atoms with Crippen LogP contribution in [0.15, 0.2) is 85.5 Å². The molecule has 0 saturated carbocycles. The van der Waals surface area contributed by atoms with Crippen molar-refractivity contribution in [3.8, 4) is 0 Å². The molecule has 5 nitrogen and oxygen atoms in total. The molecule has 1 fully saturated rings. The monoisotopic (exact) mass is 543 g/mol. The van der Waals surface area contributed by atoms with Crippen LogP contribution in [0.2, 0.25) is 0 Å². The fraction of sp³-hybridized carbons (Fsp3) is 0.486. The number of fused-ring (bicyclic) bond motifs is 2. The molecule has 1 saturated heterocycles. The summed E-state index contributed by atoms with van der Waals surface area (Å²) in [6.07, 6.45) is 2.55. The van der Waals surface area contributed by atoms with Crippen LogP contribution >= 0.6 is 0 Å². The third kappa shape index (κ3) is 8.09. The summed E-state index contributed by atoms with van der Waals surface area (Å²) in [6.45, 7) is 30.9. The van der Waals surface area contributed by atoms with Crippen molar-refractivity contribution in [2.45, 2.75) is 92.4 Å². The lowest BCUT2D eigenvalue weighted by Crippen LogP contribution is -2.45. The highest BCUT2D eigenvalue weighted by molar-refractivity contribution is 5.74. The summed E-state index contributed by atoms with van der Waals surface area (Å²) in [5.74, 6) is 2.95. The van der Waals surface area contributed by atoms with E-state index in [4.69, 9.17) is 0 Å². The van der Waals surface area contributed by atoms with E-state index in [1.165, 1.54) is 35.5 Å². The number of hydrogen-bond acceptors (Lipinski definition) is 5. The maximum Gasteiger partial charge on any atom is 0.0988 e. The Morgan fingerprint density at radius 1 is 0.775 bits per heavy atom. The summed E-state index contributed by atoms with van der Waals surface area (Å²) < 4.78 is 0. The number of allylic oxidation sites excluding steroid dienone is 1. The third-order valence-electron chi connectivity index (χ3n) is 8.01. The average Bonchev–Trinajstić information content (AvgIpc) is 2.87. The van der Waals surface area contributed by atoms with Crippen LogP contribution in [0.5, 0.6) is 0 Å². The lowest BCUT2D eigenvalue weighted by molar-refractivity contribution is 0.250. The molecule has 0 bridgehead atoms. The van der Waals surface area contributed by atoms with Gasteiger partial charge in [0.2, 0.25) is 0 Å². The standard InChI is InChI=1S/2C12H16N2.C11H21N/c1-9(2)14-8-11-6-4-5-7-12(11)13-10(14)3;1-8(2)12-9(3)13-10-6-4-5-7-11(10)14-12;1-8(2)10-6-7-11(4,5)12-9(10)3/h4-7,9,13H,3,8H2,1-2H3;4-8,12-14H,3H2,1-2H3;8,10,12H,3,6-7H2,1-2,4-5H3. The number of benzene rings is 2. The molecule has 3 heterocycles. The van der Waals surface area contributed by atoms with E-state index < -0.39 is 0 Å². The first kappa shape index (κ1) is 31.2. The molecule has 0 aromatic heterocycles. The lowest BCUT2D eigenvalue weighted by atomic mass is 9.80. The Kier molecular flexibility index (Phi) is 10.4. The van der Waals surface area contributed by atoms with E-state index in [-0.39, 0.29) is 5.54 Å². The number of nitrogens with one attached hydrogen (secondary N) is 4. The fourth-order valence-corrected chi connectivity index (χ4v) is 5.59. The van der Waals surface area contributed by atoms with Crippen LogP contribution in [0.4, 0.5) is 17.1 Å². The zero-order valence-electron chi connectivity index (χ0n) is 26.2. The van der Waals surface area contributed by atoms with Crippen LogP contribution in [0.25, 0.3) is 0 Å². The first-order valence-corrected chi connectivity index (χ1v) is 14.9. The molecule has 218 valence electrons. The first-order chi connectivity index (χ1) is 18.8. The molecule has 2 aromatic carbocycles.